The van der Waals surface area contributed by atoms with Crippen molar-refractivity contribution in [2.45, 2.75) is 37.1 Å². The van der Waals surface area contributed by atoms with E-state index in [2.05, 4.69) is 4.98 Å². The largest absolute Gasteiger partial charge is 0.416 e. The molecule has 18 heavy (non-hydrogen) atoms. The van der Waals surface area contributed by atoms with Crippen LogP contribution >= 0.6 is 0 Å². The maximum atomic E-state index is 12.9. The molecule has 6 heteroatoms. The summed E-state index contributed by atoms with van der Waals surface area (Å²) < 4.78 is 44.0. The zero-order valence-electron chi connectivity index (χ0n) is 10.00. The first-order chi connectivity index (χ1) is 8.41. The molecule has 2 rings (SSSR count). The van der Waals surface area contributed by atoms with Gasteiger partial charge >= 0.3 is 6.18 Å². The van der Waals surface area contributed by atoms with E-state index in [-0.39, 0.29) is 5.56 Å². The topological polar surface area (TPSA) is 48.1 Å². The van der Waals surface area contributed by atoms with Crippen LogP contribution in [-0.4, -0.2) is 17.7 Å². The Hall–Kier alpha value is -1.14. The van der Waals surface area contributed by atoms with Gasteiger partial charge in [0.1, 0.15) is 0 Å². The summed E-state index contributed by atoms with van der Waals surface area (Å²) in [5.41, 5.74) is 4.58. The van der Waals surface area contributed by atoms with Crippen LogP contribution in [-0.2, 0) is 10.9 Å². The van der Waals surface area contributed by atoms with Gasteiger partial charge in [-0.2, -0.15) is 13.2 Å². The van der Waals surface area contributed by atoms with Crippen molar-refractivity contribution in [3.05, 3.63) is 29.6 Å². The van der Waals surface area contributed by atoms with Crippen LogP contribution in [0.5, 0.6) is 0 Å². The van der Waals surface area contributed by atoms with Gasteiger partial charge in [-0.25, -0.2) is 0 Å². The van der Waals surface area contributed by atoms with E-state index in [9.17, 15) is 13.2 Å². The predicted molar refractivity (Wildman–Crippen MR) is 59.8 cm³/mol. The summed E-state index contributed by atoms with van der Waals surface area (Å²) >= 11 is 0. The summed E-state index contributed by atoms with van der Waals surface area (Å²) in [5.74, 6) is 0. The van der Waals surface area contributed by atoms with Crippen LogP contribution in [0.3, 0.4) is 0 Å². The lowest BCUT2D eigenvalue weighted by Gasteiger charge is -2.45. The zero-order valence-corrected chi connectivity index (χ0v) is 10.00. The fraction of sp³-hybridized carbons (Fsp3) is 0.583. The van der Waals surface area contributed by atoms with Crippen molar-refractivity contribution < 1.29 is 17.9 Å². The number of hydrogen-bond acceptors (Lipinski definition) is 3. The smallest absolute Gasteiger partial charge is 0.376 e. The van der Waals surface area contributed by atoms with E-state index in [0.717, 1.165) is 18.7 Å². The van der Waals surface area contributed by atoms with Gasteiger partial charge in [0.2, 0.25) is 0 Å². The molecule has 1 aromatic rings. The molecule has 0 spiro atoms. The minimum absolute atomic E-state index is 0.00606. The van der Waals surface area contributed by atoms with Gasteiger partial charge in [-0.05, 0) is 25.3 Å². The third-order valence-corrected chi connectivity index (χ3v) is 3.67. The van der Waals surface area contributed by atoms with Gasteiger partial charge in [-0.15, -0.1) is 0 Å². The molecular weight excluding hydrogens is 245 g/mol. The first-order valence-electron chi connectivity index (χ1n) is 5.72. The number of alkyl halides is 3. The van der Waals surface area contributed by atoms with Crippen LogP contribution in [0, 0.1) is 0 Å². The quantitative estimate of drug-likeness (QED) is 0.908. The van der Waals surface area contributed by atoms with E-state index >= 15 is 0 Å². The molecular formula is C12H15F3N2O. The molecule has 0 aliphatic heterocycles. The van der Waals surface area contributed by atoms with Crippen molar-refractivity contribution in [3.63, 3.8) is 0 Å². The Balaban J connectivity index is 2.39. The maximum absolute atomic E-state index is 12.9. The van der Waals surface area contributed by atoms with Crippen molar-refractivity contribution in [2.24, 2.45) is 5.73 Å². The van der Waals surface area contributed by atoms with Crippen molar-refractivity contribution in [1.29, 1.82) is 0 Å². The number of nitrogens with two attached hydrogens (primary N) is 1. The highest BCUT2D eigenvalue weighted by molar-refractivity contribution is 5.32. The fourth-order valence-corrected chi connectivity index (χ4v) is 2.36. The fourth-order valence-electron chi connectivity index (χ4n) is 2.36. The molecule has 1 aliphatic rings. The molecule has 100 valence electrons. The lowest BCUT2D eigenvalue weighted by atomic mass is 9.72. The standard InChI is InChI=1S/C12H15F3N2O/c1-18-11(4-2-5-11)10(16)8-7-17-6-3-9(8)12(13,14)15/h3,6-7,10H,2,4-5,16H2,1H3. The highest BCUT2D eigenvalue weighted by atomic mass is 19.4. The SMILES string of the molecule is COC1(C(N)c2cnccc2C(F)(F)F)CCC1. The number of pyridine rings is 1. The summed E-state index contributed by atoms with van der Waals surface area (Å²) in [6.07, 6.45) is 0.164. The highest BCUT2D eigenvalue weighted by Crippen LogP contribution is 2.46. The first kappa shape index (κ1) is 13.3. The molecule has 0 aromatic carbocycles. The Bertz CT molecular complexity index is 424. The van der Waals surface area contributed by atoms with Gasteiger partial charge in [0, 0.05) is 25.1 Å². The van der Waals surface area contributed by atoms with E-state index < -0.39 is 23.4 Å². The molecule has 0 radical (unpaired) electrons. The van der Waals surface area contributed by atoms with Crippen LogP contribution in [0.4, 0.5) is 13.2 Å². The molecule has 0 saturated heterocycles. The van der Waals surface area contributed by atoms with E-state index in [1.165, 1.54) is 13.3 Å². The maximum Gasteiger partial charge on any atom is 0.416 e. The molecule has 1 heterocycles. The number of halogens is 3. The predicted octanol–water partition coefficient (Wildman–Crippen LogP) is 2.67. The van der Waals surface area contributed by atoms with E-state index in [0.29, 0.717) is 12.8 Å². The third kappa shape index (κ3) is 2.10. The first-order valence-corrected chi connectivity index (χ1v) is 5.72. The van der Waals surface area contributed by atoms with Crippen LogP contribution in [0.1, 0.15) is 36.4 Å². The minimum Gasteiger partial charge on any atom is -0.376 e. The minimum atomic E-state index is -4.42. The summed E-state index contributed by atoms with van der Waals surface area (Å²) in [6.45, 7) is 0. The number of nitrogens with zero attached hydrogens (tertiary/aromatic N) is 1. The second-order valence-electron chi connectivity index (χ2n) is 4.56. The number of rotatable bonds is 3. The number of ether oxygens (including phenoxy) is 1. The second-order valence-corrected chi connectivity index (χ2v) is 4.56. The molecule has 1 saturated carbocycles. The van der Waals surface area contributed by atoms with Crippen molar-refractivity contribution >= 4 is 0 Å². The molecule has 2 N–H and O–H groups in total. The molecule has 1 atom stereocenters. The average Bonchev–Trinajstić information content (AvgIpc) is 2.27. The summed E-state index contributed by atoms with van der Waals surface area (Å²) in [6, 6.07) is 0.151. The molecule has 1 aliphatic carbocycles. The van der Waals surface area contributed by atoms with Crippen LogP contribution in [0.2, 0.25) is 0 Å². The lowest BCUT2D eigenvalue weighted by molar-refractivity contribution is -0.140. The molecule has 3 nitrogen and oxygen atoms in total. The number of methoxy groups -OCH3 is 1. The number of hydrogen-bond donors (Lipinski definition) is 1. The lowest BCUT2D eigenvalue weighted by Crippen LogP contribution is -2.49. The Morgan fingerprint density at radius 2 is 2.11 bits per heavy atom. The second kappa shape index (κ2) is 4.51. The molecule has 1 fully saturated rings. The summed E-state index contributed by atoms with van der Waals surface area (Å²) in [4.78, 5) is 3.75. The van der Waals surface area contributed by atoms with Crippen molar-refractivity contribution in [3.8, 4) is 0 Å². The number of aromatic nitrogens is 1. The molecule has 0 amide bonds. The van der Waals surface area contributed by atoms with Gasteiger partial charge in [0.25, 0.3) is 0 Å². The zero-order chi connectivity index (χ0) is 13.4. The third-order valence-electron chi connectivity index (χ3n) is 3.67. The van der Waals surface area contributed by atoms with Gasteiger partial charge in [-0.1, -0.05) is 0 Å². The Morgan fingerprint density at radius 1 is 1.44 bits per heavy atom. The normalized spacial score (nSPS) is 20.3. The van der Waals surface area contributed by atoms with Crippen LogP contribution in [0.25, 0.3) is 0 Å². The van der Waals surface area contributed by atoms with Gasteiger partial charge < -0.3 is 10.5 Å². The highest BCUT2D eigenvalue weighted by Gasteiger charge is 2.46. The van der Waals surface area contributed by atoms with E-state index in [1.807, 2.05) is 0 Å². The van der Waals surface area contributed by atoms with Crippen molar-refractivity contribution in [2.75, 3.05) is 7.11 Å². The van der Waals surface area contributed by atoms with Gasteiger partial charge in [0.05, 0.1) is 17.2 Å². The Morgan fingerprint density at radius 3 is 2.56 bits per heavy atom. The molecule has 1 unspecified atom stereocenters. The monoisotopic (exact) mass is 260 g/mol. The van der Waals surface area contributed by atoms with Crippen LogP contribution < -0.4 is 5.73 Å². The summed E-state index contributed by atoms with van der Waals surface area (Å²) in [5, 5.41) is 0. The van der Waals surface area contributed by atoms with Gasteiger partial charge in [0.15, 0.2) is 0 Å². The Kier molecular flexibility index (Phi) is 3.33. The molecule has 1 aromatic heterocycles. The molecule has 0 bridgehead atoms. The van der Waals surface area contributed by atoms with E-state index in [4.69, 9.17) is 10.5 Å². The Labute approximate surface area is 103 Å². The average molecular weight is 260 g/mol. The summed E-state index contributed by atoms with van der Waals surface area (Å²) in [7, 11) is 1.49. The van der Waals surface area contributed by atoms with E-state index in [1.54, 1.807) is 0 Å². The van der Waals surface area contributed by atoms with Gasteiger partial charge in [-0.3, -0.25) is 4.98 Å². The van der Waals surface area contributed by atoms with Crippen molar-refractivity contribution in [1.82, 2.24) is 4.98 Å². The van der Waals surface area contributed by atoms with Crippen LogP contribution in [0.15, 0.2) is 18.5 Å².